The number of alkyl halides is 3. The van der Waals surface area contributed by atoms with Crippen LogP contribution in [0.25, 0.3) is 22.6 Å². The average molecular weight is 357 g/mol. The van der Waals surface area contributed by atoms with Crippen molar-refractivity contribution in [2.75, 3.05) is 5.73 Å². The number of oxazole rings is 1. The van der Waals surface area contributed by atoms with Crippen LogP contribution in [0.5, 0.6) is 0 Å². The van der Waals surface area contributed by atoms with Crippen LogP contribution in [-0.2, 0) is 6.18 Å². The van der Waals surface area contributed by atoms with Crippen LogP contribution >= 0.6 is 15.9 Å². The second-order valence-electron chi connectivity index (χ2n) is 4.43. The Morgan fingerprint density at radius 1 is 1.10 bits per heavy atom. The molecule has 1 heterocycles. The van der Waals surface area contributed by atoms with Crippen LogP contribution in [0, 0.1) is 0 Å². The largest absolute Gasteiger partial charge is 0.436 e. The smallest absolute Gasteiger partial charge is 0.417 e. The lowest BCUT2D eigenvalue weighted by molar-refractivity contribution is -0.137. The highest BCUT2D eigenvalue weighted by molar-refractivity contribution is 9.10. The first-order chi connectivity index (χ1) is 9.84. The van der Waals surface area contributed by atoms with Gasteiger partial charge in [-0.15, -0.1) is 0 Å². The van der Waals surface area contributed by atoms with Gasteiger partial charge in [0.2, 0.25) is 5.89 Å². The summed E-state index contributed by atoms with van der Waals surface area (Å²) < 4.78 is 45.1. The fourth-order valence-electron chi connectivity index (χ4n) is 1.99. The number of nitrogens with zero attached hydrogens (tertiary/aromatic N) is 1. The molecule has 3 aromatic rings. The third kappa shape index (κ3) is 2.61. The summed E-state index contributed by atoms with van der Waals surface area (Å²) >= 11 is 3.04. The number of fused-ring (bicyclic) bond motifs is 1. The summed E-state index contributed by atoms with van der Waals surface area (Å²) in [6, 6.07) is 8.57. The molecular formula is C14H8BrF3N2O. The van der Waals surface area contributed by atoms with Crippen molar-refractivity contribution in [2.45, 2.75) is 6.18 Å². The normalized spacial score (nSPS) is 12.0. The summed E-state index contributed by atoms with van der Waals surface area (Å²) in [5.41, 5.74) is 5.96. The molecule has 21 heavy (non-hydrogen) atoms. The molecule has 0 aliphatic rings. The van der Waals surface area contributed by atoms with E-state index in [1.807, 2.05) is 0 Å². The average Bonchev–Trinajstić information content (AvgIpc) is 2.80. The van der Waals surface area contributed by atoms with Gasteiger partial charge in [0, 0.05) is 21.8 Å². The van der Waals surface area contributed by atoms with E-state index >= 15 is 0 Å². The number of aromatic nitrogens is 1. The standard InChI is InChI=1S/C14H8BrF3N2O/c15-7-1-3-9(10(5-7)14(16,17)18)13-20-11-4-2-8(19)6-12(11)21-13/h1-6H,19H2. The van der Waals surface area contributed by atoms with Gasteiger partial charge in [0.15, 0.2) is 5.58 Å². The Balaban J connectivity index is 2.22. The zero-order valence-corrected chi connectivity index (χ0v) is 12.0. The van der Waals surface area contributed by atoms with Gasteiger partial charge < -0.3 is 10.2 Å². The highest BCUT2D eigenvalue weighted by atomic mass is 79.9. The molecule has 0 aliphatic heterocycles. The highest BCUT2D eigenvalue weighted by Gasteiger charge is 2.35. The molecule has 3 rings (SSSR count). The number of nitrogen functional groups attached to an aromatic ring is 1. The Kier molecular flexibility index (Phi) is 3.16. The monoisotopic (exact) mass is 356 g/mol. The first-order valence-corrected chi connectivity index (χ1v) is 6.67. The van der Waals surface area contributed by atoms with Gasteiger partial charge in [0.1, 0.15) is 5.52 Å². The van der Waals surface area contributed by atoms with Crippen molar-refractivity contribution in [1.82, 2.24) is 4.98 Å². The van der Waals surface area contributed by atoms with Crippen molar-refractivity contribution in [3.8, 4) is 11.5 Å². The molecule has 0 aliphatic carbocycles. The topological polar surface area (TPSA) is 52.0 Å². The molecule has 3 nitrogen and oxygen atoms in total. The van der Waals surface area contributed by atoms with Crippen LogP contribution in [0.4, 0.5) is 18.9 Å². The maximum absolute atomic E-state index is 13.1. The number of benzene rings is 2. The molecule has 0 radical (unpaired) electrons. The number of hydrogen-bond acceptors (Lipinski definition) is 3. The second kappa shape index (κ2) is 4.77. The number of hydrogen-bond donors (Lipinski definition) is 1. The number of nitrogens with two attached hydrogens (primary N) is 1. The summed E-state index contributed by atoms with van der Waals surface area (Å²) in [5, 5.41) is 0. The zero-order valence-electron chi connectivity index (χ0n) is 10.4. The van der Waals surface area contributed by atoms with E-state index in [4.69, 9.17) is 10.2 Å². The van der Waals surface area contributed by atoms with Crippen LogP contribution in [0.3, 0.4) is 0 Å². The molecule has 0 fully saturated rings. The Morgan fingerprint density at radius 2 is 1.86 bits per heavy atom. The Morgan fingerprint density at radius 3 is 2.57 bits per heavy atom. The van der Waals surface area contributed by atoms with E-state index in [1.165, 1.54) is 18.2 Å². The lowest BCUT2D eigenvalue weighted by Gasteiger charge is -2.10. The zero-order chi connectivity index (χ0) is 15.2. The summed E-state index contributed by atoms with van der Waals surface area (Å²) in [4.78, 5) is 4.09. The first-order valence-electron chi connectivity index (χ1n) is 5.88. The number of rotatable bonds is 1. The highest BCUT2D eigenvalue weighted by Crippen LogP contribution is 2.39. The summed E-state index contributed by atoms with van der Waals surface area (Å²) in [7, 11) is 0. The molecule has 0 amide bonds. The molecule has 0 unspecified atom stereocenters. The van der Waals surface area contributed by atoms with E-state index in [0.29, 0.717) is 21.3 Å². The van der Waals surface area contributed by atoms with Crippen LogP contribution in [0.2, 0.25) is 0 Å². The van der Waals surface area contributed by atoms with Gasteiger partial charge in [-0.25, -0.2) is 4.98 Å². The summed E-state index contributed by atoms with van der Waals surface area (Å²) in [6.45, 7) is 0. The van der Waals surface area contributed by atoms with Crippen molar-refractivity contribution >= 4 is 32.7 Å². The second-order valence-corrected chi connectivity index (χ2v) is 5.35. The molecule has 1 aromatic heterocycles. The predicted octanol–water partition coefficient (Wildman–Crippen LogP) is 4.86. The fourth-order valence-corrected chi connectivity index (χ4v) is 2.35. The van der Waals surface area contributed by atoms with Gasteiger partial charge in [-0.3, -0.25) is 0 Å². The molecule has 108 valence electrons. The van der Waals surface area contributed by atoms with Gasteiger partial charge in [0.05, 0.1) is 5.56 Å². The first kappa shape index (κ1) is 13.9. The van der Waals surface area contributed by atoms with E-state index in [0.717, 1.165) is 6.07 Å². The van der Waals surface area contributed by atoms with Crippen LogP contribution in [0.15, 0.2) is 45.3 Å². The molecular weight excluding hydrogens is 349 g/mol. The van der Waals surface area contributed by atoms with Crippen molar-refractivity contribution in [1.29, 1.82) is 0 Å². The maximum Gasteiger partial charge on any atom is 0.417 e. The molecule has 0 saturated heterocycles. The van der Waals surface area contributed by atoms with E-state index in [9.17, 15) is 13.2 Å². The fraction of sp³-hybridized carbons (Fsp3) is 0.0714. The molecule has 2 aromatic carbocycles. The van der Waals surface area contributed by atoms with Gasteiger partial charge in [-0.2, -0.15) is 13.2 Å². The predicted molar refractivity (Wildman–Crippen MR) is 76.6 cm³/mol. The quantitative estimate of drug-likeness (QED) is 0.633. The van der Waals surface area contributed by atoms with Crippen molar-refractivity contribution in [3.05, 3.63) is 46.4 Å². The maximum atomic E-state index is 13.1. The third-order valence-electron chi connectivity index (χ3n) is 2.93. The number of anilines is 1. The molecule has 7 heteroatoms. The third-order valence-corrected chi connectivity index (χ3v) is 3.42. The van der Waals surface area contributed by atoms with Crippen LogP contribution in [-0.4, -0.2) is 4.98 Å². The van der Waals surface area contributed by atoms with E-state index in [-0.39, 0.29) is 11.5 Å². The van der Waals surface area contributed by atoms with Gasteiger partial charge in [0.25, 0.3) is 0 Å². The van der Waals surface area contributed by atoms with E-state index in [2.05, 4.69) is 20.9 Å². The van der Waals surface area contributed by atoms with Gasteiger partial charge in [-0.1, -0.05) is 15.9 Å². The van der Waals surface area contributed by atoms with Gasteiger partial charge >= 0.3 is 6.18 Å². The van der Waals surface area contributed by atoms with Crippen LogP contribution < -0.4 is 5.73 Å². The molecule has 0 atom stereocenters. The Labute approximate surface area is 125 Å². The van der Waals surface area contributed by atoms with E-state index < -0.39 is 11.7 Å². The van der Waals surface area contributed by atoms with Crippen LogP contribution in [0.1, 0.15) is 5.56 Å². The van der Waals surface area contributed by atoms with Gasteiger partial charge in [-0.05, 0) is 30.3 Å². The minimum atomic E-state index is -4.50. The molecule has 0 saturated carbocycles. The van der Waals surface area contributed by atoms with Crippen molar-refractivity contribution in [3.63, 3.8) is 0 Å². The Bertz CT molecular complexity index is 827. The molecule has 0 bridgehead atoms. The summed E-state index contributed by atoms with van der Waals surface area (Å²) in [5.74, 6) is -0.0876. The molecule has 0 spiro atoms. The minimum absolute atomic E-state index is 0.0876. The number of halogens is 4. The van der Waals surface area contributed by atoms with E-state index in [1.54, 1.807) is 12.1 Å². The summed E-state index contributed by atoms with van der Waals surface area (Å²) in [6.07, 6.45) is -4.50. The lowest BCUT2D eigenvalue weighted by atomic mass is 10.1. The van der Waals surface area contributed by atoms with Crippen molar-refractivity contribution in [2.24, 2.45) is 0 Å². The lowest BCUT2D eigenvalue weighted by Crippen LogP contribution is -2.07. The minimum Gasteiger partial charge on any atom is -0.436 e. The Hall–Kier alpha value is -2.02. The SMILES string of the molecule is Nc1ccc2nc(-c3ccc(Br)cc3C(F)(F)F)oc2c1. The molecule has 2 N–H and O–H groups in total. The van der Waals surface area contributed by atoms with Crippen molar-refractivity contribution < 1.29 is 17.6 Å².